The Balaban J connectivity index is 2.31. The van der Waals surface area contributed by atoms with E-state index in [0.29, 0.717) is 11.1 Å². The first kappa shape index (κ1) is 12.1. The number of anilines is 1. The van der Waals surface area contributed by atoms with E-state index < -0.39 is 17.5 Å². The zero-order valence-electron chi connectivity index (χ0n) is 9.18. The van der Waals surface area contributed by atoms with Gasteiger partial charge in [0.05, 0.1) is 5.69 Å². The number of hydrazine groups is 1. The molecule has 1 amide bonds. The van der Waals surface area contributed by atoms with Crippen LogP contribution in [0.1, 0.15) is 10.5 Å². The molecule has 0 radical (unpaired) electrons. The topological polar surface area (TPSA) is 59.2 Å². The Kier molecular flexibility index (Phi) is 3.29. The van der Waals surface area contributed by atoms with Crippen molar-refractivity contribution in [2.24, 2.45) is 5.84 Å². The van der Waals surface area contributed by atoms with E-state index in [1.165, 1.54) is 12.3 Å². The number of nitrogens with two attached hydrogens (primary N) is 1. The fourth-order valence-corrected chi connectivity index (χ4v) is 1.40. The van der Waals surface area contributed by atoms with Gasteiger partial charge >= 0.3 is 0 Å². The summed E-state index contributed by atoms with van der Waals surface area (Å²) in [6.07, 6.45) is 1.42. The minimum Gasteiger partial charge on any atom is -0.265 e. The van der Waals surface area contributed by atoms with E-state index in [2.05, 4.69) is 4.98 Å². The van der Waals surface area contributed by atoms with Gasteiger partial charge in [0.2, 0.25) is 0 Å². The maximum absolute atomic E-state index is 13.4. The first-order valence-corrected chi connectivity index (χ1v) is 5.05. The number of hydrogen-bond donors (Lipinski definition) is 1. The fraction of sp³-hybridized carbons (Fsp3) is 0. The van der Waals surface area contributed by atoms with Crippen LogP contribution in [0.3, 0.4) is 0 Å². The van der Waals surface area contributed by atoms with Gasteiger partial charge in [0.15, 0.2) is 5.82 Å². The molecule has 18 heavy (non-hydrogen) atoms. The van der Waals surface area contributed by atoms with Crippen molar-refractivity contribution in [1.82, 2.24) is 4.98 Å². The van der Waals surface area contributed by atoms with Crippen LogP contribution in [-0.4, -0.2) is 10.9 Å². The third-order valence-electron chi connectivity index (χ3n) is 2.27. The number of carbonyl (C=O) groups is 1. The molecule has 0 bridgehead atoms. The Hall–Kier alpha value is -2.34. The number of rotatable bonds is 2. The van der Waals surface area contributed by atoms with E-state index in [1.54, 1.807) is 12.1 Å². The lowest BCUT2D eigenvalue weighted by atomic mass is 10.2. The van der Waals surface area contributed by atoms with Crippen molar-refractivity contribution in [2.45, 2.75) is 0 Å². The zero-order valence-corrected chi connectivity index (χ0v) is 9.18. The minimum absolute atomic E-state index is 0.0729. The third kappa shape index (κ3) is 2.33. The molecule has 1 heterocycles. The van der Waals surface area contributed by atoms with Crippen molar-refractivity contribution in [3.05, 3.63) is 59.9 Å². The molecule has 0 aliphatic carbocycles. The molecule has 0 spiro atoms. The maximum Gasteiger partial charge on any atom is 0.291 e. The normalized spacial score (nSPS) is 10.2. The van der Waals surface area contributed by atoms with E-state index in [4.69, 9.17) is 5.84 Å². The lowest BCUT2D eigenvalue weighted by Gasteiger charge is -2.16. The largest absolute Gasteiger partial charge is 0.291 e. The molecule has 0 unspecified atom stereocenters. The quantitative estimate of drug-likeness (QED) is 0.502. The Labute approximate surface area is 102 Å². The van der Waals surface area contributed by atoms with Crippen LogP contribution < -0.4 is 10.9 Å². The number of halogens is 2. The highest BCUT2D eigenvalue weighted by molar-refractivity contribution is 6.03. The van der Waals surface area contributed by atoms with Crippen LogP contribution in [0.15, 0.2) is 42.6 Å². The summed E-state index contributed by atoms with van der Waals surface area (Å²) in [6.45, 7) is 0. The molecule has 2 rings (SSSR count). The van der Waals surface area contributed by atoms with Crippen molar-refractivity contribution in [3.8, 4) is 0 Å². The molecule has 2 N–H and O–H groups in total. The maximum atomic E-state index is 13.4. The molecule has 6 heteroatoms. The molecule has 0 saturated carbocycles. The summed E-state index contributed by atoms with van der Waals surface area (Å²) in [5.74, 6) is 3.17. The molecular formula is C12H9F2N3O. The second-order valence-electron chi connectivity index (χ2n) is 3.49. The number of benzene rings is 1. The van der Waals surface area contributed by atoms with Gasteiger partial charge in [-0.05, 0) is 24.3 Å². The predicted molar refractivity (Wildman–Crippen MR) is 61.6 cm³/mol. The lowest BCUT2D eigenvalue weighted by molar-refractivity contribution is 0.0981. The molecule has 2 aromatic rings. The van der Waals surface area contributed by atoms with Crippen LogP contribution in [0, 0.1) is 11.6 Å². The number of carbonyl (C=O) groups excluding carboxylic acids is 1. The molecule has 0 aliphatic heterocycles. The second kappa shape index (κ2) is 4.89. The van der Waals surface area contributed by atoms with Gasteiger partial charge in [-0.1, -0.05) is 6.07 Å². The molecular weight excluding hydrogens is 240 g/mol. The van der Waals surface area contributed by atoms with Gasteiger partial charge in [0.1, 0.15) is 11.5 Å². The average Bonchev–Trinajstić information content (AvgIpc) is 2.38. The molecule has 1 aromatic heterocycles. The molecule has 0 saturated heterocycles. The molecule has 4 nitrogen and oxygen atoms in total. The zero-order chi connectivity index (χ0) is 13.1. The van der Waals surface area contributed by atoms with Crippen molar-refractivity contribution >= 4 is 11.6 Å². The Morgan fingerprint density at radius 1 is 1.22 bits per heavy atom. The molecule has 0 fully saturated rings. The predicted octanol–water partition coefficient (Wildman–Crippen LogP) is 1.88. The monoisotopic (exact) mass is 249 g/mol. The summed E-state index contributed by atoms with van der Waals surface area (Å²) in [4.78, 5) is 15.7. The number of amides is 1. The third-order valence-corrected chi connectivity index (χ3v) is 2.27. The average molecular weight is 249 g/mol. The summed E-state index contributed by atoms with van der Waals surface area (Å²) in [5, 5.41) is 0.594. The van der Waals surface area contributed by atoms with Gasteiger partial charge < -0.3 is 0 Å². The van der Waals surface area contributed by atoms with E-state index >= 15 is 0 Å². The van der Waals surface area contributed by atoms with Crippen molar-refractivity contribution in [3.63, 3.8) is 0 Å². The van der Waals surface area contributed by atoms with Crippen LogP contribution >= 0.6 is 0 Å². The first-order valence-electron chi connectivity index (χ1n) is 5.05. The number of nitrogens with zero attached hydrogens (tertiary/aromatic N) is 2. The number of pyridine rings is 1. The van der Waals surface area contributed by atoms with Crippen LogP contribution in [0.4, 0.5) is 14.5 Å². The van der Waals surface area contributed by atoms with Gasteiger partial charge in [0, 0.05) is 12.3 Å². The van der Waals surface area contributed by atoms with Crippen LogP contribution in [0.25, 0.3) is 0 Å². The molecule has 0 atom stereocenters. The fourth-order valence-electron chi connectivity index (χ4n) is 1.40. The van der Waals surface area contributed by atoms with E-state index in [9.17, 15) is 13.6 Å². The van der Waals surface area contributed by atoms with Gasteiger partial charge in [-0.15, -0.1) is 0 Å². The lowest BCUT2D eigenvalue weighted by Crippen LogP contribution is -2.38. The van der Waals surface area contributed by atoms with Crippen LogP contribution in [-0.2, 0) is 0 Å². The van der Waals surface area contributed by atoms with Crippen LogP contribution in [0.2, 0.25) is 0 Å². The minimum atomic E-state index is -0.915. The molecule has 0 aliphatic rings. The van der Waals surface area contributed by atoms with Gasteiger partial charge in [-0.3, -0.25) is 9.78 Å². The Morgan fingerprint density at radius 3 is 2.61 bits per heavy atom. The van der Waals surface area contributed by atoms with Crippen molar-refractivity contribution in [1.29, 1.82) is 0 Å². The van der Waals surface area contributed by atoms with Gasteiger partial charge in [-0.25, -0.2) is 19.6 Å². The first-order chi connectivity index (χ1) is 8.59. The standard InChI is InChI=1S/C12H9F2N3O/c13-8-4-5-11(9(14)7-8)17(15)12(18)10-3-1-2-6-16-10/h1-7H,15H2. The molecule has 1 aromatic carbocycles. The Bertz CT molecular complexity index is 575. The highest BCUT2D eigenvalue weighted by atomic mass is 19.1. The number of hydrogen-bond acceptors (Lipinski definition) is 3. The summed E-state index contributed by atoms with van der Waals surface area (Å²) < 4.78 is 26.2. The summed E-state index contributed by atoms with van der Waals surface area (Å²) in [7, 11) is 0. The smallest absolute Gasteiger partial charge is 0.265 e. The second-order valence-corrected chi connectivity index (χ2v) is 3.49. The Morgan fingerprint density at radius 2 is 2.00 bits per heavy atom. The van der Waals surface area contributed by atoms with Gasteiger partial charge in [0.25, 0.3) is 5.91 Å². The van der Waals surface area contributed by atoms with E-state index in [1.807, 2.05) is 0 Å². The summed E-state index contributed by atoms with van der Waals surface area (Å²) >= 11 is 0. The highest BCUT2D eigenvalue weighted by Gasteiger charge is 2.18. The highest BCUT2D eigenvalue weighted by Crippen LogP contribution is 2.18. The SMILES string of the molecule is NN(C(=O)c1ccccn1)c1ccc(F)cc1F. The van der Waals surface area contributed by atoms with Crippen LogP contribution in [0.5, 0.6) is 0 Å². The van der Waals surface area contributed by atoms with Gasteiger partial charge in [-0.2, -0.15) is 0 Å². The number of aromatic nitrogens is 1. The van der Waals surface area contributed by atoms with Crippen molar-refractivity contribution < 1.29 is 13.6 Å². The summed E-state index contributed by atoms with van der Waals surface area (Å²) in [5.41, 5.74) is -0.143. The van der Waals surface area contributed by atoms with E-state index in [0.717, 1.165) is 12.1 Å². The van der Waals surface area contributed by atoms with Crippen molar-refractivity contribution in [2.75, 3.05) is 5.01 Å². The summed E-state index contributed by atoms with van der Waals surface area (Å²) in [6, 6.07) is 7.45. The van der Waals surface area contributed by atoms with E-state index in [-0.39, 0.29) is 11.4 Å². The molecule has 92 valence electrons.